The molecule has 0 fully saturated rings. The van der Waals surface area contributed by atoms with Crippen LogP contribution in [-0.4, -0.2) is 17.4 Å². The van der Waals surface area contributed by atoms with Gasteiger partial charge in [-0.3, -0.25) is 5.43 Å². The van der Waals surface area contributed by atoms with E-state index in [9.17, 15) is 0 Å². The summed E-state index contributed by atoms with van der Waals surface area (Å²) >= 11 is 11.4. The fourth-order valence-corrected chi connectivity index (χ4v) is 2.90. The van der Waals surface area contributed by atoms with Crippen LogP contribution in [0.25, 0.3) is 11.0 Å². The van der Waals surface area contributed by atoms with Gasteiger partial charge in [-0.25, -0.2) is 0 Å². The molecule has 0 saturated heterocycles. The predicted octanol–water partition coefficient (Wildman–Crippen LogP) is 5.50. The number of hydrogen-bond acceptors (Lipinski definition) is 4. The van der Waals surface area contributed by atoms with Gasteiger partial charge in [0.2, 0.25) is 0 Å². The summed E-state index contributed by atoms with van der Waals surface area (Å²) in [6.45, 7) is 6.28. The average molecular weight is 402 g/mol. The summed E-state index contributed by atoms with van der Waals surface area (Å²) in [4.78, 5) is 0. The molecule has 3 aromatic rings. The number of halogens is 1. The molecule has 0 saturated carbocycles. The largest absolute Gasteiger partial charge is 0.490 e. The lowest BCUT2D eigenvalue weighted by Gasteiger charge is -2.11. The number of hydrazone groups is 1. The van der Waals surface area contributed by atoms with E-state index in [1.807, 2.05) is 63.2 Å². The van der Waals surface area contributed by atoms with Gasteiger partial charge in [0.25, 0.3) is 0 Å². The molecule has 0 bridgehead atoms. The summed E-state index contributed by atoms with van der Waals surface area (Å²) < 4.78 is 11.5. The molecule has 0 unspecified atom stereocenters. The van der Waals surface area contributed by atoms with Crippen molar-refractivity contribution < 1.29 is 9.15 Å². The van der Waals surface area contributed by atoms with Crippen molar-refractivity contribution in [3.8, 4) is 5.75 Å². The molecule has 0 spiro atoms. The molecule has 0 aliphatic heterocycles. The Morgan fingerprint density at radius 1 is 1.26 bits per heavy atom. The van der Waals surface area contributed by atoms with Crippen LogP contribution < -0.4 is 15.5 Å². The lowest BCUT2D eigenvalue weighted by Crippen LogP contribution is -2.25. The molecule has 0 aliphatic carbocycles. The highest BCUT2D eigenvalue weighted by molar-refractivity contribution is 7.80. The van der Waals surface area contributed by atoms with Gasteiger partial charge in [0.1, 0.15) is 5.71 Å². The highest BCUT2D eigenvalue weighted by atomic mass is 35.5. The fourth-order valence-electron chi connectivity index (χ4n) is 2.57. The first kappa shape index (κ1) is 19.2. The van der Waals surface area contributed by atoms with E-state index in [1.54, 1.807) is 0 Å². The van der Waals surface area contributed by atoms with Gasteiger partial charge in [0.15, 0.2) is 22.2 Å². The molecule has 27 heavy (non-hydrogen) atoms. The SMILES string of the molecule is CCOc1cccc2cc(/C(C)=N/NC(=S)Nc3cccc(Cl)c3C)oc12. The van der Waals surface area contributed by atoms with Crippen molar-refractivity contribution in [1.82, 2.24) is 5.43 Å². The van der Waals surface area contributed by atoms with Crippen LogP contribution in [0.1, 0.15) is 25.2 Å². The average Bonchev–Trinajstić information content (AvgIpc) is 3.09. The smallest absolute Gasteiger partial charge is 0.191 e. The van der Waals surface area contributed by atoms with Gasteiger partial charge in [0.05, 0.1) is 6.61 Å². The van der Waals surface area contributed by atoms with Crippen LogP contribution in [0.2, 0.25) is 5.02 Å². The maximum atomic E-state index is 6.12. The van der Waals surface area contributed by atoms with Gasteiger partial charge in [-0.2, -0.15) is 5.10 Å². The topological polar surface area (TPSA) is 58.8 Å². The first-order valence-electron chi connectivity index (χ1n) is 8.51. The summed E-state index contributed by atoms with van der Waals surface area (Å²) in [6, 6.07) is 13.3. The molecule has 2 aromatic carbocycles. The van der Waals surface area contributed by atoms with E-state index in [4.69, 9.17) is 33.0 Å². The standard InChI is InChI=1S/C20H20ClN3O2S/c1-4-25-17-10-5-7-14-11-18(26-19(14)17)13(3)23-24-20(27)22-16-9-6-8-15(21)12(16)2/h5-11H,4H2,1-3H3,(H2,22,24,27)/b23-13+. The van der Waals surface area contributed by atoms with Crippen molar-refractivity contribution in [2.75, 3.05) is 11.9 Å². The Balaban J connectivity index is 1.73. The predicted molar refractivity (Wildman–Crippen MR) is 115 cm³/mol. The summed E-state index contributed by atoms with van der Waals surface area (Å²) in [5, 5.41) is 9.40. The number of para-hydroxylation sites is 1. The van der Waals surface area contributed by atoms with Crippen molar-refractivity contribution in [3.05, 3.63) is 58.8 Å². The van der Waals surface area contributed by atoms with Crippen molar-refractivity contribution in [1.29, 1.82) is 0 Å². The summed E-state index contributed by atoms with van der Waals surface area (Å²) in [6.07, 6.45) is 0. The summed E-state index contributed by atoms with van der Waals surface area (Å²) in [7, 11) is 0. The zero-order chi connectivity index (χ0) is 19.4. The Labute approximate surface area is 168 Å². The maximum Gasteiger partial charge on any atom is 0.191 e. The van der Waals surface area contributed by atoms with Crippen LogP contribution in [0, 0.1) is 6.92 Å². The zero-order valence-electron chi connectivity index (χ0n) is 15.3. The highest BCUT2D eigenvalue weighted by Gasteiger charge is 2.11. The van der Waals surface area contributed by atoms with Crippen LogP contribution in [-0.2, 0) is 0 Å². The second-order valence-corrected chi connectivity index (χ2v) is 6.71. The minimum Gasteiger partial charge on any atom is -0.490 e. The van der Waals surface area contributed by atoms with Crippen LogP contribution in [0.15, 0.2) is 52.0 Å². The number of ether oxygens (including phenoxy) is 1. The van der Waals surface area contributed by atoms with Crippen LogP contribution in [0.3, 0.4) is 0 Å². The molecule has 5 nitrogen and oxygen atoms in total. The van der Waals surface area contributed by atoms with E-state index in [0.717, 1.165) is 22.4 Å². The van der Waals surface area contributed by atoms with Crippen LogP contribution in [0.5, 0.6) is 5.75 Å². The fraction of sp³-hybridized carbons (Fsp3) is 0.200. The van der Waals surface area contributed by atoms with Crippen LogP contribution in [0.4, 0.5) is 5.69 Å². The van der Waals surface area contributed by atoms with Gasteiger partial charge >= 0.3 is 0 Å². The number of anilines is 1. The Hall–Kier alpha value is -2.57. The number of furan rings is 1. The van der Waals surface area contributed by atoms with E-state index in [1.165, 1.54) is 0 Å². The molecule has 0 aliphatic rings. The third-order valence-electron chi connectivity index (χ3n) is 4.01. The molecule has 3 rings (SSSR count). The first-order valence-corrected chi connectivity index (χ1v) is 9.30. The number of nitrogens with one attached hydrogen (secondary N) is 2. The summed E-state index contributed by atoms with van der Waals surface area (Å²) in [5.74, 6) is 1.36. The van der Waals surface area contributed by atoms with Gasteiger partial charge in [-0.1, -0.05) is 29.8 Å². The number of fused-ring (bicyclic) bond motifs is 1. The minimum atomic E-state index is 0.367. The molecule has 0 amide bonds. The lowest BCUT2D eigenvalue weighted by molar-refractivity contribution is 0.338. The minimum absolute atomic E-state index is 0.367. The van der Waals surface area contributed by atoms with Crippen molar-refractivity contribution in [2.24, 2.45) is 5.10 Å². The third kappa shape index (κ3) is 4.40. The lowest BCUT2D eigenvalue weighted by atomic mass is 10.2. The Bertz CT molecular complexity index is 1010. The van der Waals surface area contributed by atoms with Crippen LogP contribution >= 0.6 is 23.8 Å². The quantitative estimate of drug-likeness (QED) is 0.335. The molecule has 0 radical (unpaired) electrons. The highest BCUT2D eigenvalue weighted by Crippen LogP contribution is 2.29. The van der Waals surface area contributed by atoms with E-state index in [-0.39, 0.29) is 0 Å². The monoisotopic (exact) mass is 401 g/mol. The molecule has 1 heterocycles. The van der Waals surface area contributed by atoms with Gasteiger partial charge < -0.3 is 14.5 Å². The maximum absolute atomic E-state index is 6.12. The number of hydrogen-bond donors (Lipinski definition) is 2. The van der Waals surface area contributed by atoms with Gasteiger partial charge in [-0.05, 0) is 62.8 Å². The molecular weight excluding hydrogens is 382 g/mol. The Morgan fingerprint density at radius 3 is 2.81 bits per heavy atom. The zero-order valence-corrected chi connectivity index (χ0v) is 16.9. The number of nitrogens with zero attached hydrogens (tertiary/aromatic N) is 1. The molecule has 7 heteroatoms. The number of thiocarbonyl (C=S) groups is 1. The van der Waals surface area contributed by atoms with Crippen molar-refractivity contribution >= 4 is 51.3 Å². The molecule has 1 aromatic heterocycles. The Kier molecular flexibility index (Phi) is 5.98. The Morgan fingerprint density at radius 2 is 2.04 bits per heavy atom. The molecule has 0 atom stereocenters. The van der Waals surface area contributed by atoms with Crippen molar-refractivity contribution in [3.63, 3.8) is 0 Å². The van der Waals surface area contributed by atoms with Gasteiger partial charge in [0, 0.05) is 16.1 Å². The number of benzene rings is 2. The van der Waals surface area contributed by atoms with Crippen molar-refractivity contribution in [2.45, 2.75) is 20.8 Å². The molecular formula is C20H20ClN3O2S. The second kappa shape index (κ2) is 8.41. The van der Waals surface area contributed by atoms with E-state index >= 15 is 0 Å². The second-order valence-electron chi connectivity index (χ2n) is 5.89. The number of rotatable bonds is 5. The van der Waals surface area contributed by atoms with E-state index in [0.29, 0.717) is 33.8 Å². The molecule has 140 valence electrons. The third-order valence-corrected chi connectivity index (χ3v) is 4.61. The molecule has 2 N–H and O–H groups in total. The normalized spacial score (nSPS) is 11.5. The van der Waals surface area contributed by atoms with E-state index in [2.05, 4.69) is 15.8 Å². The van der Waals surface area contributed by atoms with E-state index < -0.39 is 0 Å². The van der Waals surface area contributed by atoms with Gasteiger partial charge in [-0.15, -0.1) is 0 Å². The summed E-state index contributed by atoms with van der Waals surface area (Å²) in [5.41, 5.74) is 5.96. The first-order chi connectivity index (χ1) is 13.0.